The van der Waals surface area contributed by atoms with E-state index in [1.807, 2.05) is 19.1 Å². The number of hydrogen-bond donors (Lipinski definition) is 2. The summed E-state index contributed by atoms with van der Waals surface area (Å²) in [7, 11) is 0. The topological polar surface area (TPSA) is 68.0 Å². The summed E-state index contributed by atoms with van der Waals surface area (Å²) >= 11 is 1.46. The van der Waals surface area contributed by atoms with E-state index in [4.69, 9.17) is 5.73 Å². The fourth-order valence-electron chi connectivity index (χ4n) is 1.30. The van der Waals surface area contributed by atoms with E-state index in [0.29, 0.717) is 5.13 Å². The third kappa shape index (κ3) is 2.20. The molecule has 0 aliphatic rings. The Labute approximate surface area is 97.5 Å². The van der Waals surface area contributed by atoms with Gasteiger partial charge in [0.15, 0.2) is 5.13 Å². The summed E-state index contributed by atoms with van der Waals surface area (Å²) in [5.41, 5.74) is 7.55. The summed E-state index contributed by atoms with van der Waals surface area (Å²) in [6.45, 7) is 3.67. The van der Waals surface area contributed by atoms with E-state index in [-0.39, 0.29) is 5.91 Å². The molecule has 0 saturated heterocycles. The molecule has 1 aromatic carbocycles. The van der Waals surface area contributed by atoms with Gasteiger partial charge in [-0.15, -0.1) is 0 Å². The summed E-state index contributed by atoms with van der Waals surface area (Å²) in [5, 5.41) is 3.29. The van der Waals surface area contributed by atoms with Gasteiger partial charge in [0.2, 0.25) is 5.91 Å². The molecule has 0 aliphatic carbocycles. The van der Waals surface area contributed by atoms with Crippen LogP contribution in [0.25, 0.3) is 10.2 Å². The molecule has 1 unspecified atom stereocenters. The van der Waals surface area contributed by atoms with Gasteiger partial charge in [0.1, 0.15) is 0 Å². The quantitative estimate of drug-likeness (QED) is 0.835. The number of thiazole rings is 1. The van der Waals surface area contributed by atoms with E-state index >= 15 is 0 Å². The second-order valence-corrected chi connectivity index (χ2v) is 4.80. The molecule has 16 heavy (non-hydrogen) atoms. The molecule has 2 rings (SSSR count). The van der Waals surface area contributed by atoms with E-state index in [0.717, 1.165) is 10.2 Å². The van der Waals surface area contributed by atoms with Crippen molar-refractivity contribution in [2.75, 3.05) is 5.32 Å². The summed E-state index contributed by atoms with van der Waals surface area (Å²) in [5.74, 6) is -0.212. The first-order valence-electron chi connectivity index (χ1n) is 5.00. The predicted octanol–water partition coefficient (Wildman–Crippen LogP) is 1.89. The molecule has 0 radical (unpaired) electrons. The lowest BCUT2D eigenvalue weighted by Crippen LogP contribution is -2.32. The van der Waals surface area contributed by atoms with Crippen molar-refractivity contribution in [3.63, 3.8) is 0 Å². The van der Waals surface area contributed by atoms with Crippen molar-refractivity contribution < 1.29 is 4.79 Å². The number of rotatable bonds is 2. The Kier molecular flexibility index (Phi) is 2.89. The summed E-state index contributed by atoms with van der Waals surface area (Å²) in [6.07, 6.45) is 0. The van der Waals surface area contributed by atoms with Gasteiger partial charge in [0.05, 0.1) is 16.3 Å². The van der Waals surface area contributed by atoms with Crippen LogP contribution in [0.1, 0.15) is 12.5 Å². The number of aromatic nitrogens is 1. The number of nitrogens with zero attached hydrogens (tertiary/aromatic N) is 1. The van der Waals surface area contributed by atoms with Gasteiger partial charge in [-0.2, -0.15) is 0 Å². The molecule has 1 aromatic heterocycles. The molecule has 0 saturated carbocycles. The largest absolute Gasteiger partial charge is 0.320 e. The zero-order chi connectivity index (χ0) is 11.7. The van der Waals surface area contributed by atoms with Crippen LogP contribution in [0.5, 0.6) is 0 Å². The first-order valence-corrected chi connectivity index (χ1v) is 5.81. The Balaban J connectivity index is 2.29. The standard InChI is InChI=1S/C11H13N3OS/c1-6-3-4-8-9(5-6)16-11(13-8)14-10(15)7(2)12/h3-5,7H,12H2,1-2H3,(H,13,14,15). The average Bonchev–Trinajstić information content (AvgIpc) is 2.58. The molecule has 2 aromatic rings. The van der Waals surface area contributed by atoms with Gasteiger partial charge < -0.3 is 11.1 Å². The summed E-state index contributed by atoms with van der Waals surface area (Å²) in [6, 6.07) is 5.48. The van der Waals surface area contributed by atoms with Crippen LogP contribution in [0.4, 0.5) is 5.13 Å². The van der Waals surface area contributed by atoms with Crippen molar-refractivity contribution in [1.29, 1.82) is 0 Å². The van der Waals surface area contributed by atoms with Crippen LogP contribution in [0.15, 0.2) is 18.2 Å². The minimum absolute atomic E-state index is 0.212. The number of hydrogen-bond acceptors (Lipinski definition) is 4. The maximum Gasteiger partial charge on any atom is 0.242 e. The lowest BCUT2D eigenvalue weighted by molar-refractivity contribution is -0.117. The van der Waals surface area contributed by atoms with Crippen LogP contribution in [0.2, 0.25) is 0 Å². The molecule has 4 nitrogen and oxygen atoms in total. The Hall–Kier alpha value is -1.46. The molecule has 5 heteroatoms. The molecule has 1 heterocycles. The Morgan fingerprint density at radius 2 is 2.31 bits per heavy atom. The highest BCUT2D eigenvalue weighted by Gasteiger charge is 2.10. The first-order chi connectivity index (χ1) is 7.56. The number of carbonyl (C=O) groups excluding carboxylic acids is 1. The maximum absolute atomic E-state index is 11.4. The SMILES string of the molecule is Cc1ccc2nc(NC(=O)C(C)N)sc2c1. The van der Waals surface area contributed by atoms with Crippen molar-refractivity contribution in [2.24, 2.45) is 5.73 Å². The Morgan fingerprint density at radius 3 is 3.00 bits per heavy atom. The van der Waals surface area contributed by atoms with E-state index < -0.39 is 6.04 Å². The van der Waals surface area contributed by atoms with Crippen LogP contribution in [-0.4, -0.2) is 16.9 Å². The normalized spacial score (nSPS) is 12.7. The number of fused-ring (bicyclic) bond motifs is 1. The smallest absolute Gasteiger partial charge is 0.242 e. The fourth-order valence-corrected chi connectivity index (χ4v) is 2.27. The lowest BCUT2D eigenvalue weighted by Gasteiger charge is -2.02. The Bertz CT molecular complexity index is 533. The average molecular weight is 235 g/mol. The van der Waals surface area contributed by atoms with E-state index in [1.165, 1.54) is 16.9 Å². The minimum atomic E-state index is -0.520. The molecule has 0 fully saturated rings. The van der Waals surface area contributed by atoms with Crippen LogP contribution >= 0.6 is 11.3 Å². The van der Waals surface area contributed by atoms with Crippen molar-refractivity contribution in [1.82, 2.24) is 4.98 Å². The predicted molar refractivity (Wildman–Crippen MR) is 66.6 cm³/mol. The molecule has 1 amide bonds. The van der Waals surface area contributed by atoms with Gasteiger partial charge in [-0.05, 0) is 31.5 Å². The number of nitrogens with two attached hydrogens (primary N) is 1. The van der Waals surface area contributed by atoms with Crippen LogP contribution in [-0.2, 0) is 4.79 Å². The van der Waals surface area contributed by atoms with Crippen molar-refractivity contribution >= 4 is 32.6 Å². The zero-order valence-corrected chi connectivity index (χ0v) is 9.97. The lowest BCUT2D eigenvalue weighted by atomic mass is 10.2. The van der Waals surface area contributed by atoms with Gasteiger partial charge in [0, 0.05) is 0 Å². The van der Waals surface area contributed by atoms with Crippen LogP contribution in [0, 0.1) is 6.92 Å². The van der Waals surface area contributed by atoms with E-state index in [2.05, 4.69) is 16.4 Å². The van der Waals surface area contributed by atoms with Crippen LogP contribution in [0.3, 0.4) is 0 Å². The molecular weight excluding hydrogens is 222 g/mol. The molecular formula is C11H13N3OS. The number of benzene rings is 1. The minimum Gasteiger partial charge on any atom is -0.320 e. The highest BCUT2D eigenvalue weighted by molar-refractivity contribution is 7.22. The highest BCUT2D eigenvalue weighted by atomic mass is 32.1. The van der Waals surface area contributed by atoms with Crippen molar-refractivity contribution in [3.8, 4) is 0 Å². The van der Waals surface area contributed by atoms with Gasteiger partial charge in [-0.1, -0.05) is 17.4 Å². The second-order valence-electron chi connectivity index (χ2n) is 3.77. The highest BCUT2D eigenvalue weighted by Crippen LogP contribution is 2.26. The molecule has 3 N–H and O–H groups in total. The molecule has 0 aliphatic heterocycles. The third-order valence-electron chi connectivity index (χ3n) is 2.19. The van der Waals surface area contributed by atoms with E-state index in [9.17, 15) is 4.79 Å². The number of anilines is 1. The molecule has 1 atom stereocenters. The van der Waals surface area contributed by atoms with Gasteiger partial charge >= 0.3 is 0 Å². The number of amides is 1. The van der Waals surface area contributed by atoms with Crippen LogP contribution < -0.4 is 11.1 Å². The molecule has 84 valence electrons. The third-order valence-corrected chi connectivity index (χ3v) is 3.12. The van der Waals surface area contributed by atoms with Gasteiger partial charge in [-0.25, -0.2) is 4.98 Å². The van der Waals surface area contributed by atoms with E-state index in [1.54, 1.807) is 6.92 Å². The van der Waals surface area contributed by atoms with Crippen molar-refractivity contribution in [3.05, 3.63) is 23.8 Å². The number of carbonyl (C=O) groups is 1. The Morgan fingerprint density at radius 1 is 1.56 bits per heavy atom. The monoisotopic (exact) mass is 235 g/mol. The molecule has 0 spiro atoms. The fraction of sp³-hybridized carbons (Fsp3) is 0.273. The summed E-state index contributed by atoms with van der Waals surface area (Å²) < 4.78 is 1.07. The summed E-state index contributed by atoms with van der Waals surface area (Å²) in [4.78, 5) is 15.7. The maximum atomic E-state index is 11.4. The van der Waals surface area contributed by atoms with Crippen molar-refractivity contribution in [2.45, 2.75) is 19.9 Å². The molecule has 0 bridgehead atoms. The number of nitrogens with one attached hydrogen (secondary N) is 1. The van der Waals surface area contributed by atoms with Gasteiger partial charge in [-0.3, -0.25) is 4.79 Å². The van der Waals surface area contributed by atoms with Gasteiger partial charge in [0.25, 0.3) is 0 Å². The zero-order valence-electron chi connectivity index (χ0n) is 9.15. The number of aryl methyl sites for hydroxylation is 1. The first kappa shape index (κ1) is 11.0. The second kappa shape index (κ2) is 4.19.